The molecule has 7 heteroatoms. The van der Waals surface area contributed by atoms with Gasteiger partial charge in [0.05, 0.1) is 10.8 Å². The summed E-state index contributed by atoms with van der Waals surface area (Å²) < 4.78 is 27.7. The molecule has 1 heterocycles. The molecular formula is C11H18N2O4S. The van der Waals surface area contributed by atoms with E-state index < -0.39 is 21.9 Å². The SMILES string of the molecule is CC(C)C(CNS(=O)(=O)c1ccn(C)c1)C(=O)O. The molecule has 0 aliphatic carbocycles. The van der Waals surface area contributed by atoms with Gasteiger partial charge in [-0.05, 0) is 12.0 Å². The number of nitrogens with one attached hydrogen (secondary N) is 1. The molecule has 102 valence electrons. The highest BCUT2D eigenvalue weighted by Crippen LogP contribution is 2.13. The van der Waals surface area contributed by atoms with Gasteiger partial charge in [-0.15, -0.1) is 0 Å². The highest BCUT2D eigenvalue weighted by molar-refractivity contribution is 7.89. The molecule has 2 N–H and O–H groups in total. The van der Waals surface area contributed by atoms with Crippen molar-refractivity contribution in [1.29, 1.82) is 0 Å². The van der Waals surface area contributed by atoms with Crippen molar-refractivity contribution in [3.8, 4) is 0 Å². The molecule has 0 fully saturated rings. The van der Waals surface area contributed by atoms with Crippen LogP contribution in [0.1, 0.15) is 13.8 Å². The molecule has 0 spiro atoms. The molecule has 18 heavy (non-hydrogen) atoms. The van der Waals surface area contributed by atoms with Gasteiger partial charge in [0, 0.05) is 26.0 Å². The van der Waals surface area contributed by atoms with E-state index in [4.69, 9.17) is 5.11 Å². The second-order valence-corrected chi connectivity index (χ2v) is 6.32. The van der Waals surface area contributed by atoms with Crippen molar-refractivity contribution in [3.63, 3.8) is 0 Å². The molecule has 0 aliphatic rings. The van der Waals surface area contributed by atoms with Crippen LogP contribution in [0.2, 0.25) is 0 Å². The van der Waals surface area contributed by atoms with Crippen LogP contribution < -0.4 is 4.72 Å². The largest absolute Gasteiger partial charge is 0.481 e. The zero-order valence-electron chi connectivity index (χ0n) is 10.6. The van der Waals surface area contributed by atoms with E-state index in [1.165, 1.54) is 12.3 Å². The van der Waals surface area contributed by atoms with Crippen LogP contribution in [0.25, 0.3) is 0 Å². The average molecular weight is 274 g/mol. The highest BCUT2D eigenvalue weighted by atomic mass is 32.2. The maximum atomic E-state index is 11.9. The highest BCUT2D eigenvalue weighted by Gasteiger charge is 2.24. The molecule has 1 aromatic heterocycles. The monoisotopic (exact) mass is 274 g/mol. The lowest BCUT2D eigenvalue weighted by molar-refractivity contribution is -0.142. The number of aryl methyl sites for hydroxylation is 1. The molecule has 0 radical (unpaired) electrons. The van der Waals surface area contributed by atoms with Crippen LogP contribution in [0.3, 0.4) is 0 Å². The number of aliphatic carboxylic acids is 1. The summed E-state index contributed by atoms with van der Waals surface area (Å²) in [6, 6.07) is 1.47. The Bertz CT molecular complexity index is 519. The summed E-state index contributed by atoms with van der Waals surface area (Å²) in [5, 5.41) is 8.98. The molecule has 0 saturated carbocycles. The van der Waals surface area contributed by atoms with Gasteiger partial charge < -0.3 is 9.67 Å². The Morgan fingerprint density at radius 1 is 1.50 bits per heavy atom. The minimum Gasteiger partial charge on any atom is -0.481 e. The number of carboxylic acid groups (broad SMARTS) is 1. The second-order valence-electron chi connectivity index (χ2n) is 4.55. The van der Waals surface area contributed by atoms with E-state index in [9.17, 15) is 13.2 Å². The predicted molar refractivity (Wildman–Crippen MR) is 66.6 cm³/mol. The van der Waals surface area contributed by atoms with E-state index in [2.05, 4.69) is 4.72 Å². The number of sulfonamides is 1. The van der Waals surface area contributed by atoms with Crippen molar-refractivity contribution in [2.24, 2.45) is 18.9 Å². The zero-order valence-corrected chi connectivity index (χ0v) is 11.4. The third-order valence-electron chi connectivity index (χ3n) is 2.73. The van der Waals surface area contributed by atoms with Crippen LogP contribution in [0.5, 0.6) is 0 Å². The van der Waals surface area contributed by atoms with Crippen molar-refractivity contribution < 1.29 is 18.3 Å². The first-order valence-electron chi connectivity index (χ1n) is 5.58. The summed E-state index contributed by atoms with van der Waals surface area (Å²) in [4.78, 5) is 11.1. The van der Waals surface area contributed by atoms with Crippen molar-refractivity contribution in [1.82, 2.24) is 9.29 Å². The number of rotatable bonds is 6. The molecular weight excluding hydrogens is 256 g/mol. The number of carboxylic acids is 1. The maximum Gasteiger partial charge on any atom is 0.308 e. The van der Waals surface area contributed by atoms with Gasteiger partial charge in [-0.25, -0.2) is 13.1 Å². The number of carbonyl (C=O) groups is 1. The normalized spacial score (nSPS) is 13.8. The first-order valence-corrected chi connectivity index (χ1v) is 7.07. The van der Waals surface area contributed by atoms with Crippen molar-refractivity contribution in [2.45, 2.75) is 18.7 Å². The van der Waals surface area contributed by atoms with E-state index in [1.54, 1.807) is 31.7 Å². The van der Waals surface area contributed by atoms with Crippen molar-refractivity contribution in [2.75, 3.05) is 6.54 Å². The summed E-state index contributed by atoms with van der Waals surface area (Å²) in [7, 11) is -1.92. The topological polar surface area (TPSA) is 88.4 Å². The molecule has 6 nitrogen and oxygen atoms in total. The summed E-state index contributed by atoms with van der Waals surface area (Å²) in [6.07, 6.45) is 3.08. The van der Waals surface area contributed by atoms with Gasteiger partial charge in [-0.2, -0.15) is 0 Å². The standard InChI is InChI=1S/C11H18N2O4S/c1-8(2)10(11(14)15)6-12-18(16,17)9-4-5-13(3)7-9/h4-5,7-8,10,12H,6H2,1-3H3,(H,14,15). The fraction of sp³-hybridized carbons (Fsp3) is 0.545. The predicted octanol–water partition coefficient (Wildman–Crippen LogP) is 0.660. The third kappa shape index (κ3) is 3.58. The van der Waals surface area contributed by atoms with Crippen molar-refractivity contribution in [3.05, 3.63) is 18.5 Å². The van der Waals surface area contributed by atoms with Gasteiger partial charge in [0.1, 0.15) is 0 Å². The molecule has 0 saturated heterocycles. The Labute approximate surface area is 107 Å². The van der Waals surface area contributed by atoms with E-state index in [0.29, 0.717) is 0 Å². The Hall–Kier alpha value is -1.34. The summed E-state index contributed by atoms with van der Waals surface area (Å²) in [5.74, 6) is -1.87. The molecule has 1 aromatic rings. The van der Waals surface area contributed by atoms with Gasteiger partial charge in [-0.3, -0.25) is 4.79 Å². The van der Waals surface area contributed by atoms with E-state index >= 15 is 0 Å². The lowest BCUT2D eigenvalue weighted by atomic mass is 9.97. The van der Waals surface area contributed by atoms with Gasteiger partial charge in [0.15, 0.2) is 0 Å². The van der Waals surface area contributed by atoms with E-state index in [1.807, 2.05) is 0 Å². The van der Waals surface area contributed by atoms with Gasteiger partial charge in [0.2, 0.25) is 10.0 Å². The van der Waals surface area contributed by atoms with Crippen LogP contribution in [-0.2, 0) is 21.9 Å². The maximum absolute atomic E-state index is 11.9. The van der Waals surface area contributed by atoms with Crippen LogP contribution in [0.15, 0.2) is 23.4 Å². The van der Waals surface area contributed by atoms with Gasteiger partial charge in [-0.1, -0.05) is 13.8 Å². The van der Waals surface area contributed by atoms with Crippen molar-refractivity contribution >= 4 is 16.0 Å². The van der Waals surface area contributed by atoms with Crippen LogP contribution in [0.4, 0.5) is 0 Å². The quantitative estimate of drug-likeness (QED) is 0.797. The van der Waals surface area contributed by atoms with E-state index in [-0.39, 0.29) is 17.4 Å². The first-order chi connectivity index (χ1) is 8.24. The molecule has 1 atom stereocenters. The Morgan fingerprint density at radius 3 is 2.50 bits per heavy atom. The average Bonchev–Trinajstić information content (AvgIpc) is 2.64. The molecule has 0 bridgehead atoms. The van der Waals surface area contributed by atoms with Crippen LogP contribution in [-0.4, -0.2) is 30.6 Å². The third-order valence-corrected chi connectivity index (χ3v) is 4.14. The lowest BCUT2D eigenvalue weighted by Crippen LogP contribution is -2.35. The number of hydrogen-bond acceptors (Lipinski definition) is 3. The molecule has 0 amide bonds. The summed E-state index contributed by atoms with van der Waals surface area (Å²) in [6.45, 7) is 3.38. The van der Waals surface area contributed by atoms with Crippen LogP contribution in [0, 0.1) is 11.8 Å². The summed E-state index contributed by atoms with van der Waals surface area (Å²) >= 11 is 0. The molecule has 1 unspecified atom stereocenters. The number of nitrogens with zero attached hydrogens (tertiary/aromatic N) is 1. The fourth-order valence-electron chi connectivity index (χ4n) is 1.53. The minimum absolute atomic E-state index is 0.107. The van der Waals surface area contributed by atoms with Gasteiger partial charge >= 0.3 is 5.97 Å². The Kier molecular flexibility index (Phi) is 4.53. The Morgan fingerprint density at radius 2 is 2.11 bits per heavy atom. The first kappa shape index (κ1) is 14.7. The Balaban J connectivity index is 2.76. The zero-order chi connectivity index (χ0) is 13.9. The number of hydrogen-bond donors (Lipinski definition) is 2. The van der Waals surface area contributed by atoms with Gasteiger partial charge in [0.25, 0.3) is 0 Å². The second kappa shape index (κ2) is 5.53. The van der Waals surface area contributed by atoms with Crippen LogP contribution >= 0.6 is 0 Å². The summed E-state index contributed by atoms with van der Waals surface area (Å²) in [5.41, 5.74) is 0. The molecule has 0 aromatic carbocycles. The smallest absolute Gasteiger partial charge is 0.308 e. The fourth-order valence-corrected chi connectivity index (χ4v) is 2.64. The molecule has 1 rings (SSSR count). The van der Waals surface area contributed by atoms with E-state index in [0.717, 1.165) is 0 Å². The minimum atomic E-state index is -3.64. The number of aromatic nitrogens is 1. The lowest BCUT2D eigenvalue weighted by Gasteiger charge is -2.16. The molecule has 0 aliphatic heterocycles.